The fraction of sp³-hybridized carbons (Fsp3) is 0.241. The van der Waals surface area contributed by atoms with Gasteiger partial charge in [-0.25, -0.2) is 0 Å². The summed E-state index contributed by atoms with van der Waals surface area (Å²) in [6, 6.07) is 10.2. The van der Waals surface area contributed by atoms with Crippen molar-refractivity contribution in [3.8, 4) is 5.75 Å². The van der Waals surface area contributed by atoms with Crippen molar-refractivity contribution in [2.45, 2.75) is 42.1 Å². The molecular weight excluding hydrogens is 585 g/mol. The number of phenols is 1. The van der Waals surface area contributed by atoms with Crippen LogP contribution in [0, 0.1) is 0 Å². The van der Waals surface area contributed by atoms with Gasteiger partial charge >= 0.3 is 29.6 Å². The van der Waals surface area contributed by atoms with Crippen LogP contribution in [0.2, 0.25) is 0 Å². The number of amides is 3. The van der Waals surface area contributed by atoms with E-state index in [1.165, 1.54) is 53.1 Å². The first kappa shape index (κ1) is 32.0. The van der Waals surface area contributed by atoms with Crippen molar-refractivity contribution >= 4 is 47.6 Å². The molecule has 43 heavy (non-hydrogen) atoms. The summed E-state index contributed by atoms with van der Waals surface area (Å²) in [6.45, 7) is 3.36. The summed E-state index contributed by atoms with van der Waals surface area (Å²) in [5.74, 6) is -3.64. The number of pyridine rings is 2. The molecule has 2 fully saturated rings. The normalized spacial score (nSPS) is 20.8. The molecule has 0 radical (unpaired) electrons. The zero-order valence-electron chi connectivity index (χ0n) is 23.4. The van der Waals surface area contributed by atoms with E-state index in [0.717, 1.165) is 0 Å². The Morgan fingerprint density at radius 3 is 2.44 bits per heavy atom. The second-order valence-electron chi connectivity index (χ2n) is 10.3. The van der Waals surface area contributed by atoms with E-state index in [2.05, 4.69) is 20.6 Å². The third kappa shape index (κ3) is 6.54. The summed E-state index contributed by atoms with van der Waals surface area (Å²) in [5.41, 5.74) is 0.432. The minimum absolute atomic E-state index is 0. The number of phenolic OH excluding ortho intramolecular Hbond substituents is 1. The number of nitrogens with one attached hydrogen (secondary N) is 3. The Morgan fingerprint density at radius 1 is 1.09 bits per heavy atom. The number of carbonyl (C=O) groups excluding carboxylic acids is 4. The van der Waals surface area contributed by atoms with E-state index in [-0.39, 0.29) is 46.4 Å². The predicted octanol–water partition coefficient (Wildman–Crippen LogP) is -2.58. The standard InChI is InChI=1S/C29H27N5O7S.Na/c1-29(2)22(28(40)41)34-26(39)21(27(34)42-29)33-25(38)20(15-6-11-18(35)12-7-15)32-24(37)19-13-10-17(31-23(19)36)9-8-16-5-3-4-14-30-16;/h3-14,20-22,27,35H,1-2H3,(H,31,36)(H,32,37)(H,33,38)(H,40,41);/q;+1/p-1/b9-8+;/t20-,21+,22-,27+;/m0./s1. The quantitative estimate of drug-likeness (QED) is 0.157. The summed E-state index contributed by atoms with van der Waals surface area (Å²) in [4.78, 5) is 72.0. The van der Waals surface area contributed by atoms with Crippen molar-refractivity contribution in [1.82, 2.24) is 25.5 Å². The molecule has 216 valence electrons. The molecule has 0 unspecified atom stereocenters. The predicted molar refractivity (Wildman–Crippen MR) is 152 cm³/mol. The minimum atomic E-state index is -1.38. The third-order valence-corrected chi connectivity index (χ3v) is 8.60. The van der Waals surface area contributed by atoms with E-state index in [9.17, 15) is 34.2 Å². The molecule has 2 saturated heterocycles. The Hall–Kier alpha value is -3.91. The van der Waals surface area contributed by atoms with Crippen LogP contribution in [0.4, 0.5) is 0 Å². The molecule has 0 bridgehead atoms. The molecular formula is C29H26N5NaO7S. The Bertz CT molecular complexity index is 1640. The van der Waals surface area contributed by atoms with Crippen molar-refractivity contribution in [2.75, 3.05) is 0 Å². The fourth-order valence-electron chi connectivity index (χ4n) is 4.95. The van der Waals surface area contributed by atoms with Gasteiger partial charge in [-0.15, -0.1) is 11.8 Å². The second-order valence-corrected chi connectivity index (χ2v) is 12.1. The SMILES string of the molecule is CC1(C)S[C@@H]2[C@H](NC(=O)[C@@H](NC(=O)c3ccc(/C=C/c4ccccn4)[nH]c3=O)c3ccc(O)cc3)C(=O)N2[C@H]1C(=O)[O-].[Na+]. The zero-order chi connectivity index (χ0) is 30.2. The number of aliphatic carboxylic acids is 1. The summed E-state index contributed by atoms with van der Waals surface area (Å²) < 4.78 is -0.844. The molecule has 1 aromatic carbocycles. The number of benzene rings is 1. The molecule has 0 saturated carbocycles. The van der Waals surface area contributed by atoms with Gasteiger partial charge in [-0.2, -0.15) is 0 Å². The van der Waals surface area contributed by atoms with Gasteiger partial charge in [-0.1, -0.05) is 18.2 Å². The van der Waals surface area contributed by atoms with Gasteiger partial charge in [-0.3, -0.25) is 24.2 Å². The fourth-order valence-corrected chi connectivity index (χ4v) is 6.57. The van der Waals surface area contributed by atoms with Gasteiger partial charge in [0.15, 0.2) is 0 Å². The van der Waals surface area contributed by atoms with E-state index >= 15 is 0 Å². The molecule has 4 atom stereocenters. The maximum atomic E-state index is 13.5. The number of fused-ring (bicyclic) bond motifs is 1. The smallest absolute Gasteiger partial charge is 0.548 e. The van der Waals surface area contributed by atoms with E-state index in [0.29, 0.717) is 11.4 Å². The van der Waals surface area contributed by atoms with Crippen LogP contribution in [0.25, 0.3) is 12.2 Å². The summed E-state index contributed by atoms with van der Waals surface area (Å²) >= 11 is 1.23. The van der Waals surface area contributed by atoms with Crippen LogP contribution in [-0.4, -0.2) is 65.9 Å². The van der Waals surface area contributed by atoms with Crippen molar-refractivity contribution in [1.29, 1.82) is 0 Å². The minimum Gasteiger partial charge on any atom is -0.548 e. The topological polar surface area (TPSA) is 185 Å². The Labute approximate surface area is 272 Å². The zero-order valence-corrected chi connectivity index (χ0v) is 26.3. The number of hydrogen-bond donors (Lipinski definition) is 4. The third-order valence-electron chi connectivity index (χ3n) is 7.02. The van der Waals surface area contributed by atoms with Crippen molar-refractivity contribution < 1.29 is 58.9 Å². The van der Waals surface area contributed by atoms with E-state index in [4.69, 9.17) is 0 Å². The van der Waals surface area contributed by atoms with Gasteiger partial charge in [0.2, 0.25) is 11.8 Å². The molecule has 4 N–H and O–H groups in total. The largest absolute Gasteiger partial charge is 1.00 e. The molecule has 12 nitrogen and oxygen atoms in total. The monoisotopic (exact) mass is 611 g/mol. The molecule has 0 aliphatic carbocycles. The second kappa shape index (κ2) is 12.8. The molecule has 2 aliphatic heterocycles. The molecule has 3 amide bonds. The van der Waals surface area contributed by atoms with Crippen LogP contribution < -0.4 is 50.9 Å². The number of carboxylic acids is 1. The number of rotatable bonds is 8. The molecule has 4 heterocycles. The van der Waals surface area contributed by atoms with Gasteiger partial charge < -0.3 is 35.5 Å². The summed E-state index contributed by atoms with van der Waals surface area (Å²) in [7, 11) is 0. The first-order valence-electron chi connectivity index (χ1n) is 12.9. The number of aromatic amines is 1. The first-order valence-corrected chi connectivity index (χ1v) is 13.8. The van der Waals surface area contributed by atoms with E-state index in [1.807, 2.05) is 6.07 Å². The van der Waals surface area contributed by atoms with Crippen molar-refractivity contribution in [2.24, 2.45) is 0 Å². The molecule has 5 rings (SSSR count). The van der Waals surface area contributed by atoms with E-state index < -0.39 is 57.5 Å². The molecule has 0 spiro atoms. The van der Waals surface area contributed by atoms with Gasteiger partial charge in [0.05, 0.1) is 17.7 Å². The average molecular weight is 612 g/mol. The molecule has 14 heteroatoms. The van der Waals surface area contributed by atoms with Gasteiger partial charge in [-0.05, 0) is 68.0 Å². The van der Waals surface area contributed by atoms with Crippen LogP contribution in [-0.2, 0) is 14.4 Å². The number of hydrogen-bond acceptors (Lipinski definition) is 9. The molecule has 3 aromatic rings. The maximum Gasteiger partial charge on any atom is 1.00 e. The van der Waals surface area contributed by atoms with Crippen LogP contribution in [0.15, 0.2) is 65.6 Å². The van der Waals surface area contributed by atoms with Gasteiger partial charge in [0.1, 0.15) is 28.8 Å². The number of carboxylic acid groups (broad SMARTS) is 1. The van der Waals surface area contributed by atoms with Gasteiger partial charge in [0, 0.05) is 16.6 Å². The summed E-state index contributed by atoms with van der Waals surface area (Å²) in [6.07, 6.45) is 4.95. The Balaban J connectivity index is 0.00000423. The number of nitrogens with zero attached hydrogens (tertiary/aromatic N) is 2. The summed E-state index contributed by atoms with van der Waals surface area (Å²) in [5, 5.41) is 25.9. The van der Waals surface area contributed by atoms with Crippen LogP contribution in [0.1, 0.15) is 47.2 Å². The maximum absolute atomic E-state index is 13.5. The number of carbonyl (C=O) groups is 4. The van der Waals surface area contributed by atoms with Crippen molar-refractivity contribution in [3.63, 3.8) is 0 Å². The van der Waals surface area contributed by atoms with Gasteiger partial charge in [0.25, 0.3) is 11.5 Å². The van der Waals surface area contributed by atoms with Crippen molar-refractivity contribution in [3.05, 3.63) is 93.7 Å². The van der Waals surface area contributed by atoms with Crippen LogP contribution in [0.5, 0.6) is 5.75 Å². The molecule has 2 aromatic heterocycles. The number of aromatic hydroxyl groups is 1. The Kier molecular flexibility index (Phi) is 9.50. The number of thioether (sulfide) groups is 1. The average Bonchev–Trinajstić information content (AvgIpc) is 3.22. The number of aromatic nitrogens is 2. The molecule has 2 aliphatic rings. The van der Waals surface area contributed by atoms with Crippen LogP contribution >= 0.6 is 11.8 Å². The van der Waals surface area contributed by atoms with Crippen LogP contribution in [0.3, 0.4) is 0 Å². The number of H-pyrrole nitrogens is 1. The first-order chi connectivity index (χ1) is 20.0. The van der Waals surface area contributed by atoms with E-state index in [1.54, 1.807) is 44.3 Å². The number of β-lactam (4-membered cyclic amide) rings is 1. The Morgan fingerprint density at radius 2 is 1.81 bits per heavy atom.